The first kappa shape index (κ1) is 11.2. The van der Waals surface area contributed by atoms with Crippen LogP contribution in [0.4, 0.5) is 0 Å². The minimum absolute atomic E-state index is 0.622. The van der Waals surface area contributed by atoms with Gasteiger partial charge in [-0.1, -0.05) is 19.1 Å². The number of benzene rings is 1. The third-order valence-electron chi connectivity index (χ3n) is 3.82. The number of thiazole rings is 1. The van der Waals surface area contributed by atoms with Gasteiger partial charge in [-0.25, -0.2) is 4.98 Å². The monoisotopic (exact) mass is 246 g/mol. The van der Waals surface area contributed by atoms with E-state index in [4.69, 9.17) is 0 Å². The van der Waals surface area contributed by atoms with Crippen molar-refractivity contribution in [1.82, 2.24) is 10.3 Å². The summed E-state index contributed by atoms with van der Waals surface area (Å²) in [5.74, 6) is 0. The van der Waals surface area contributed by atoms with E-state index in [0.717, 1.165) is 18.6 Å². The Balaban J connectivity index is 1.61. The molecule has 0 radical (unpaired) electrons. The van der Waals surface area contributed by atoms with Gasteiger partial charge in [0, 0.05) is 13.1 Å². The predicted molar refractivity (Wildman–Crippen MR) is 73.3 cm³/mol. The lowest BCUT2D eigenvalue weighted by Crippen LogP contribution is -2.22. The second-order valence-electron chi connectivity index (χ2n) is 5.03. The molecule has 1 aromatic carbocycles. The summed E-state index contributed by atoms with van der Waals surface area (Å²) in [6, 6.07) is 8.36. The van der Waals surface area contributed by atoms with Crippen LogP contribution in [0.2, 0.25) is 0 Å². The normalized spacial score (nSPS) is 17.5. The summed E-state index contributed by atoms with van der Waals surface area (Å²) >= 11 is 1.80. The zero-order valence-electron chi connectivity index (χ0n) is 10.2. The van der Waals surface area contributed by atoms with Crippen LogP contribution in [-0.4, -0.2) is 11.5 Å². The molecule has 0 saturated heterocycles. The third kappa shape index (κ3) is 2.35. The first-order valence-corrected chi connectivity index (χ1v) is 7.18. The molecule has 1 heterocycles. The Bertz CT molecular complexity index is 481. The SMILES string of the molecule is CCC1(CNCc2nc3ccccc3s2)CC1. The van der Waals surface area contributed by atoms with E-state index in [1.54, 1.807) is 11.3 Å². The summed E-state index contributed by atoms with van der Waals surface area (Å²) in [5, 5.41) is 4.77. The molecule has 1 aromatic heterocycles. The Kier molecular flexibility index (Phi) is 2.89. The highest BCUT2D eigenvalue weighted by atomic mass is 32.1. The van der Waals surface area contributed by atoms with Gasteiger partial charge in [-0.2, -0.15) is 0 Å². The number of hydrogen-bond donors (Lipinski definition) is 1. The van der Waals surface area contributed by atoms with Crippen LogP contribution in [0.15, 0.2) is 24.3 Å². The van der Waals surface area contributed by atoms with Crippen LogP contribution >= 0.6 is 11.3 Å². The lowest BCUT2D eigenvalue weighted by Gasteiger charge is -2.12. The van der Waals surface area contributed by atoms with Crippen LogP contribution in [0.3, 0.4) is 0 Å². The second kappa shape index (κ2) is 4.39. The van der Waals surface area contributed by atoms with Crippen LogP contribution in [-0.2, 0) is 6.54 Å². The summed E-state index contributed by atoms with van der Waals surface area (Å²) in [6.45, 7) is 4.37. The van der Waals surface area contributed by atoms with Gasteiger partial charge in [-0.15, -0.1) is 11.3 Å². The average Bonchev–Trinajstić information content (AvgIpc) is 3.01. The van der Waals surface area contributed by atoms with Gasteiger partial charge in [-0.05, 0) is 36.8 Å². The van der Waals surface area contributed by atoms with Gasteiger partial charge in [0.25, 0.3) is 0 Å². The summed E-state index contributed by atoms with van der Waals surface area (Å²) in [6.07, 6.45) is 4.10. The summed E-state index contributed by atoms with van der Waals surface area (Å²) in [4.78, 5) is 4.63. The highest BCUT2D eigenvalue weighted by molar-refractivity contribution is 7.18. The molecule has 0 unspecified atom stereocenters. The van der Waals surface area contributed by atoms with E-state index in [-0.39, 0.29) is 0 Å². The van der Waals surface area contributed by atoms with Crippen molar-refractivity contribution in [1.29, 1.82) is 0 Å². The van der Waals surface area contributed by atoms with E-state index in [2.05, 4.69) is 41.5 Å². The van der Waals surface area contributed by atoms with Crippen molar-refractivity contribution in [2.24, 2.45) is 5.41 Å². The topological polar surface area (TPSA) is 24.9 Å². The van der Waals surface area contributed by atoms with E-state index in [0.29, 0.717) is 5.41 Å². The molecule has 3 rings (SSSR count). The van der Waals surface area contributed by atoms with Crippen molar-refractivity contribution >= 4 is 21.6 Å². The van der Waals surface area contributed by atoms with E-state index < -0.39 is 0 Å². The fourth-order valence-electron chi connectivity index (χ4n) is 2.26. The highest BCUT2D eigenvalue weighted by Crippen LogP contribution is 2.47. The van der Waals surface area contributed by atoms with Crippen molar-refractivity contribution in [3.05, 3.63) is 29.3 Å². The zero-order valence-corrected chi connectivity index (χ0v) is 11.0. The van der Waals surface area contributed by atoms with Gasteiger partial charge in [0.05, 0.1) is 10.2 Å². The molecule has 0 spiro atoms. The molecule has 1 aliphatic carbocycles. The fraction of sp³-hybridized carbons (Fsp3) is 0.500. The van der Waals surface area contributed by atoms with Gasteiger partial charge < -0.3 is 5.32 Å². The number of nitrogens with one attached hydrogen (secondary N) is 1. The standard InChI is InChI=1S/C14H18N2S/c1-2-14(7-8-14)10-15-9-13-16-11-5-3-4-6-12(11)17-13/h3-6,15H,2,7-10H2,1H3. The molecule has 17 heavy (non-hydrogen) atoms. The van der Waals surface area contributed by atoms with Crippen LogP contribution in [0.25, 0.3) is 10.2 Å². The molecule has 0 atom stereocenters. The molecule has 2 nitrogen and oxygen atoms in total. The highest BCUT2D eigenvalue weighted by Gasteiger charge is 2.39. The second-order valence-corrected chi connectivity index (χ2v) is 6.15. The van der Waals surface area contributed by atoms with Crippen molar-refractivity contribution < 1.29 is 0 Å². The average molecular weight is 246 g/mol. The smallest absolute Gasteiger partial charge is 0.108 e. The van der Waals surface area contributed by atoms with Crippen molar-refractivity contribution in [3.63, 3.8) is 0 Å². The van der Waals surface area contributed by atoms with Gasteiger partial charge in [0.2, 0.25) is 0 Å². The molecule has 1 aliphatic rings. The lowest BCUT2D eigenvalue weighted by atomic mass is 10.0. The van der Waals surface area contributed by atoms with Gasteiger partial charge in [0.15, 0.2) is 0 Å². The number of para-hydroxylation sites is 1. The van der Waals surface area contributed by atoms with Crippen LogP contribution in [0, 0.1) is 5.41 Å². The molecular weight excluding hydrogens is 228 g/mol. The lowest BCUT2D eigenvalue weighted by molar-refractivity contribution is 0.443. The predicted octanol–water partition coefficient (Wildman–Crippen LogP) is 3.58. The van der Waals surface area contributed by atoms with E-state index >= 15 is 0 Å². The van der Waals surface area contributed by atoms with Crippen LogP contribution in [0.1, 0.15) is 31.2 Å². The van der Waals surface area contributed by atoms with Crippen LogP contribution < -0.4 is 5.32 Å². The molecule has 0 amide bonds. The molecule has 0 bridgehead atoms. The first-order chi connectivity index (χ1) is 8.31. The maximum Gasteiger partial charge on any atom is 0.108 e. The minimum atomic E-state index is 0.622. The molecule has 1 N–H and O–H groups in total. The summed E-state index contributed by atoms with van der Waals surface area (Å²) in [7, 11) is 0. The number of rotatable bonds is 5. The van der Waals surface area contributed by atoms with Crippen molar-refractivity contribution in [2.75, 3.05) is 6.54 Å². The van der Waals surface area contributed by atoms with Gasteiger partial charge in [-0.3, -0.25) is 0 Å². The Morgan fingerprint density at radius 1 is 1.35 bits per heavy atom. The Morgan fingerprint density at radius 3 is 2.88 bits per heavy atom. The first-order valence-electron chi connectivity index (χ1n) is 6.36. The Labute approximate surface area is 106 Å². The maximum atomic E-state index is 4.63. The zero-order chi connectivity index (χ0) is 11.7. The minimum Gasteiger partial charge on any atom is -0.310 e. The Hall–Kier alpha value is -0.930. The number of nitrogens with zero attached hydrogens (tertiary/aromatic N) is 1. The fourth-order valence-corrected chi connectivity index (χ4v) is 3.20. The van der Waals surface area contributed by atoms with Crippen LogP contribution in [0.5, 0.6) is 0 Å². The number of hydrogen-bond acceptors (Lipinski definition) is 3. The van der Waals surface area contributed by atoms with E-state index in [1.165, 1.54) is 29.0 Å². The van der Waals surface area contributed by atoms with Gasteiger partial charge in [0.1, 0.15) is 5.01 Å². The molecule has 1 fully saturated rings. The van der Waals surface area contributed by atoms with Crippen molar-refractivity contribution in [3.8, 4) is 0 Å². The molecule has 90 valence electrons. The number of fused-ring (bicyclic) bond motifs is 1. The molecule has 1 saturated carbocycles. The van der Waals surface area contributed by atoms with E-state index in [1.807, 2.05) is 0 Å². The largest absolute Gasteiger partial charge is 0.310 e. The maximum absolute atomic E-state index is 4.63. The van der Waals surface area contributed by atoms with Gasteiger partial charge >= 0.3 is 0 Å². The third-order valence-corrected chi connectivity index (χ3v) is 4.86. The number of aromatic nitrogens is 1. The molecule has 0 aliphatic heterocycles. The quantitative estimate of drug-likeness (QED) is 0.872. The summed E-state index contributed by atoms with van der Waals surface area (Å²) in [5.41, 5.74) is 1.75. The Morgan fingerprint density at radius 2 is 2.18 bits per heavy atom. The van der Waals surface area contributed by atoms with E-state index in [9.17, 15) is 0 Å². The molecular formula is C14H18N2S. The molecule has 2 aromatic rings. The molecule has 3 heteroatoms. The summed E-state index contributed by atoms with van der Waals surface area (Å²) < 4.78 is 1.29. The van der Waals surface area contributed by atoms with Crippen molar-refractivity contribution in [2.45, 2.75) is 32.7 Å².